The Bertz CT molecular complexity index is 467. The Balaban J connectivity index is 3.57. The first-order chi connectivity index (χ1) is 8.93. The van der Waals surface area contributed by atoms with Crippen molar-refractivity contribution in [2.75, 3.05) is 13.2 Å². The van der Waals surface area contributed by atoms with Crippen LogP contribution in [0.3, 0.4) is 0 Å². The van der Waals surface area contributed by atoms with Gasteiger partial charge in [-0.1, -0.05) is 0 Å². The van der Waals surface area contributed by atoms with Gasteiger partial charge in [0.1, 0.15) is 17.1 Å². The summed E-state index contributed by atoms with van der Waals surface area (Å²) >= 11 is 0. The Morgan fingerprint density at radius 2 is 1.89 bits per heavy atom. The molecule has 0 saturated carbocycles. The molecule has 0 bridgehead atoms. The predicted octanol–water partition coefficient (Wildman–Crippen LogP) is 3.01. The topological polar surface area (TPSA) is 61.6 Å². The van der Waals surface area contributed by atoms with Crippen molar-refractivity contribution in [1.29, 1.82) is 0 Å². The molecule has 0 aliphatic heterocycles. The van der Waals surface area contributed by atoms with E-state index in [2.05, 4.69) is 0 Å². The molecule has 4 nitrogen and oxygen atoms in total. The van der Waals surface area contributed by atoms with E-state index in [9.17, 15) is 4.79 Å². The molecule has 19 heavy (non-hydrogen) atoms. The lowest BCUT2D eigenvalue weighted by atomic mass is 9.96. The molecule has 0 spiro atoms. The Labute approximate surface area is 114 Å². The number of hydrogen-bond acceptors (Lipinski definition) is 4. The van der Waals surface area contributed by atoms with Crippen LogP contribution >= 0.6 is 0 Å². The summed E-state index contributed by atoms with van der Waals surface area (Å²) in [6.07, 6.45) is 0. The first-order valence-electron chi connectivity index (χ1n) is 6.63. The molecule has 0 saturated heterocycles. The fourth-order valence-corrected chi connectivity index (χ4v) is 2.15. The predicted molar refractivity (Wildman–Crippen MR) is 76.1 cm³/mol. The van der Waals surface area contributed by atoms with E-state index in [1.54, 1.807) is 0 Å². The summed E-state index contributed by atoms with van der Waals surface area (Å²) in [6.45, 7) is 10.1. The van der Waals surface area contributed by atoms with Gasteiger partial charge in [-0.05, 0) is 51.8 Å². The fraction of sp³-hybridized carbons (Fsp3) is 0.533. The number of carbonyl (C=O) groups excluding carboxylic acids is 1. The van der Waals surface area contributed by atoms with Gasteiger partial charge in [0.25, 0.3) is 0 Å². The number of carbonyl (C=O) groups is 1. The molecule has 1 rings (SSSR count). The minimum absolute atomic E-state index is 0.0637. The lowest BCUT2D eigenvalue weighted by molar-refractivity contribution is 0.101. The second-order valence-electron chi connectivity index (χ2n) is 4.50. The van der Waals surface area contributed by atoms with Crippen LogP contribution in [-0.2, 0) is 0 Å². The summed E-state index contributed by atoms with van der Waals surface area (Å²) in [7, 11) is 0. The van der Waals surface area contributed by atoms with E-state index in [1.807, 2.05) is 33.8 Å². The highest BCUT2D eigenvalue weighted by molar-refractivity contribution is 6.00. The van der Waals surface area contributed by atoms with Crippen molar-refractivity contribution in [3.05, 3.63) is 22.8 Å². The monoisotopic (exact) mass is 265 g/mol. The molecule has 1 aromatic carbocycles. The van der Waals surface area contributed by atoms with Gasteiger partial charge < -0.3 is 15.2 Å². The molecule has 1 unspecified atom stereocenters. The van der Waals surface area contributed by atoms with Crippen molar-refractivity contribution in [1.82, 2.24) is 0 Å². The van der Waals surface area contributed by atoms with Crippen molar-refractivity contribution in [2.24, 2.45) is 5.73 Å². The van der Waals surface area contributed by atoms with Crippen molar-refractivity contribution in [3.8, 4) is 11.5 Å². The summed E-state index contributed by atoms with van der Waals surface area (Å²) in [5.41, 5.74) is 8.33. The minimum atomic E-state index is -0.139. The van der Waals surface area contributed by atoms with Crippen molar-refractivity contribution >= 4 is 5.78 Å². The van der Waals surface area contributed by atoms with Gasteiger partial charge >= 0.3 is 0 Å². The Morgan fingerprint density at radius 3 is 2.32 bits per heavy atom. The van der Waals surface area contributed by atoms with Crippen LogP contribution in [0.25, 0.3) is 0 Å². The SMILES string of the molecule is CCOc1cc(C(C)N)c(C)c(OCC)c1C(C)=O. The fourth-order valence-electron chi connectivity index (χ4n) is 2.15. The van der Waals surface area contributed by atoms with Crippen molar-refractivity contribution in [3.63, 3.8) is 0 Å². The van der Waals surface area contributed by atoms with E-state index in [1.165, 1.54) is 6.92 Å². The molecule has 4 heteroatoms. The zero-order chi connectivity index (χ0) is 14.6. The normalized spacial score (nSPS) is 12.1. The molecule has 2 N–H and O–H groups in total. The molecule has 1 aromatic rings. The van der Waals surface area contributed by atoms with E-state index < -0.39 is 0 Å². The van der Waals surface area contributed by atoms with Gasteiger partial charge in [0.2, 0.25) is 0 Å². The molecule has 0 aliphatic rings. The third-order valence-corrected chi connectivity index (χ3v) is 2.96. The Kier molecular flexibility index (Phi) is 5.36. The van der Waals surface area contributed by atoms with Gasteiger partial charge in [0.05, 0.1) is 13.2 Å². The number of nitrogens with two attached hydrogens (primary N) is 1. The first-order valence-corrected chi connectivity index (χ1v) is 6.63. The summed E-state index contributed by atoms with van der Waals surface area (Å²) in [4.78, 5) is 11.9. The third kappa shape index (κ3) is 3.26. The van der Waals surface area contributed by atoms with Crippen LogP contribution in [0.1, 0.15) is 55.2 Å². The van der Waals surface area contributed by atoms with E-state index in [0.717, 1.165) is 11.1 Å². The lowest BCUT2D eigenvalue weighted by Crippen LogP contribution is -2.13. The molecular formula is C15H23NO3. The summed E-state index contributed by atoms with van der Waals surface area (Å²) in [6, 6.07) is 1.71. The summed E-state index contributed by atoms with van der Waals surface area (Å²) in [5.74, 6) is 1.08. The molecule has 0 aliphatic carbocycles. The third-order valence-electron chi connectivity index (χ3n) is 2.96. The maximum atomic E-state index is 11.9. The molecular weight excluding hydrogens is 242 g/mol. The van der Waals surface area contributed by atoms with Crippen LogP contribution in [0.2, 0.25) is 0 Å². The molecule has 106 valence electrons. The maximum absolute atomic E-state index is 11.9. The number of ether oxygens (including phenoxy) is 2. The van der Waals surface area contributed by atoms with Crippen molar-refractivity contribution < 1.29 is 14.3 Å². The molecule has 0 heterocycles. The smallest absolute Gasteiger partial charge is 0.167 e. The average Bonchev–Trinajstić information content (AvgIpc) is 2.32. The van der Waals surface area contributed by atoms with E-state index in [-0.39, 0.29) is 11.8 Å². The zero-order valence-electron chi connectivity index (χ0n) is 12.4. The number of hydrogen-bond donors (Lipinski definition) is 1. The highest BCUT2D eigenvalue weighted by atomic mass is 16.5. The quantitative estimate of drug-likeness (QED) is 0.803. The molecule has 1 atom stereocenters. The average molecular weight is 265 g/mol. The maximum Gasteiger partial charge on any atom is 0.167 e. The number of rotatable bonds is 6. The molecule has 0 radical (unpaired) electrons. The van der Waals surface area contributed by atoms with Gasteiger partial charge in [-0.2, -0.15) is 0 Å². The molecule has 0 amide bonds. The number of benzene rings is 1. The zero-order valence-corrected chi connectivity index (χ0v) is 12.4. The second-order valence-corrected chi connectivity index (χ2v) is 4.50. The number of ketones is 1. The van der Waals surface area contributed by atoms with Gasteiger partial charge in [-0.25, -0.2) is 0 Å². The van der Waals surface area contributed by atoms with Crippen LogP contribution in [0.15, 0.2) is 6.07 Å². The van der Waals surface area contributed by atoms with Gasteiger partial charge in [-0.3, -0.25) is 4.79 Å². The minimum Gasteiger partial charge on any atom is -0.493 e. The van der Waals surface area contributed by atoms with Crippen molar-refractivity contribution in [2.45, 2.75) is 40.7 Å². The Hall–Kier alpha value is -1.55. The molecule has 0 aromatic heterocycles. The van der Waals surface area contributed by atoms with Gasteiger partial charge in [0.15, 0.2) is 5.78 Å². The highest BCUT2D eigenvalue weighted by Crippen LogP contribution is 2.37. The van der Waals surface area contributed by atoms with Crippen LogP contribution < -0.4 is 15.2 Å². The second kappa shape index (κ2) is 6.57. The lowest BCUT2D eigenvalue weighted by Gasteiger charge is -2.20. The number of Topliss-reactive ketones (excluding diaryl/α,β-unsaturated/α-hetero) is 1. The highest BCUT2D eigenvalue weighted by Gasteiger charge is 2.22. The van der Waals surface area contributed by atoms with E-state index in [0.29, 0.717) is 30.3 Å². The largest absolute Gasteiger partial charge is 0.493 e. The summed E-state index contributed by atoms with van der Waals surface area (Å²) < 4.78 is 11.2. The van der Waals surface area contributed by atoms with E-state index >= 15 is 0 Å². The molecule has 0 fully saturated rings. The van der Waals surface area contributed by atoms with Crippen LogP contribution in [0, 0.1) is 6.92 Å². The Morgan fingerprint density at radius 1 is 1.32 bits per heavy atom. The standard InChI is InChI=1S/C15H23NO3/c1-6-18-13-8-12(10(4)16)9(3)15(19-7-2)14(13)11(5)17/h8,10H,6-7,16H2,1-5H3. The first kappa shape index (κ1) is 15.5. The van der Waals surface area contributed by atoms with Crippen LogP contribution in [0.5, 0.6) is 11.5 Å². The van der Waals surface area contributed by atoms with Gasteiger partial charge in [-0.15, -0.1) is 0 Å². The van der Waals surface area contributed by atoms with Crippen LogP contribution in [0.4, 0.5) is 0 Å². The van der Waals surface area contributed by atoms with E-state index in [4.69, 9.17) is 15.2 Å². The summed E-state index contributed by atoms with van der Waals surface area (Å²) in [5, 5.41) is 0. The van der Waals surface area contributed by atoms with Gasteiger partial charge in [0, 0.05) is 6.04 Å². The van der Waals surface area contributed by atoms with Crippen LogP contribution in [-0.4, -0.2) is 19.0 Å².